The van der Waals surface area contributed by atoms with Gasteiger partial charge in [0.2, 0.25) is 0 Å². The van der Waals surface area contributed by atoms with Gasteiger partial charge in [-0.15, -0.1) is 0 Å². The molecule has 0 aromatic heterocycles. The summed E-state index contributed by atoms with van der Waals surface area (Å²) in [6.45, 7) is 5.90. The topological polar surface area (TPSA) is 101 Å². The molecule has 1 fully saturated rings. The maximum atomic E-state index is 12.6. The van der Waals surface area contributed by atoms with E-state index in [4.69, 9.17) is 11.5 Å². The van der Waals surface area contributed by atoms with Gasteiger partial charge in [-0.25, -0.2) is 4.79 Å². The summed E-state index contributed by atoms with van der Waals surface area (Å²) in [5, 5.41) is 2.52. The Hall–Kier alpha value is -2.08. The first-order chi connectivity index (χ1) is 10.3. The Morgan fingerprint density at radius 2 is 1.95 bits per heavy atom. The van der Waals surface area contributed by atoms with E-state index in [9.17, 15) is 9.59 Å². The third-order valence-electron chi connectivity index (χ3n) is 4.27. The van der Waals surface area contributed by atoms with Crippen LogP contribution in [0.4, 0.5) is 4.79 Å². The molecule has 1 heterocycles. The second-order valence-electron chi connectivity index (χ2n) is 6.53. The lowest BCUT2D eigenvalue weighted by Gasteiger charge is -2.42. The second-order valence-corrected chi connectivity index (χ2v) is 6.53. The van der Waals surface area contributed by atoms with Crippen LogP contribution in [0.25, 0.3) is 0 Å². The van der Waals surface area contributed by atoms with Gasteiger partial charge in [0.25, 0.3) is 5.91 Å². The molecule has 6 nitrogen and oxygen atoms in total. The number of carbonyl (C=O) groups excluding carboxylic acids is 2. The van der Waals surface area contributed by atoms with Crippen LogP contribution in [0.15, 0.2) is 24.3 Å². The highest BCUT2D eigenvalue weighted by atomic mass is 16.2. The number of nitrogens with zero attached hydrogens (tertiary/aromatic N) is 1. The monoisotopic (exact) mass is 304 g/mol. The van der Waals surface area contributed by atoms with Gasteiger partial charge in [0, 0.05) is 31.2 Å². The summed E-state index contributed by atoms with van der Waals surface area (Å²) in [6.07, 6.45) is 0.819. The van der Waals surface area contributed by atoms with Crippen molar-refractivity contribution < 1.29 is 9.59 Å². The molecule has 0 aliphatic carbocycles. The van der Waals surface area contributed by atoms with Gasteiger partial charge >= 0.3 is 6.03 Å². The van der Waals surface area contributed by atoms with Crippen LogP contribution >= 0.6 is 0 Å². The lowest BCUT2D eigenvalue weighted by atomic mass is 9.79. The van der Waals surface area contributed by atoms with Crippen LogP contribution in [0.5, 0.6) is 0 Å². The van der Waals surface area contributed by atoms with Crippen LogP contribution < -0.4 is 16.8 Å². The normalized spacial score (nSPS) is 20.5. The van der Waals surface area contributed by atoms with Gasteiger partial charge in [-0.2, -0.15) is 0 Å². The highest BCUT2D eigenvalue weighted by Crippen LogP contribution is 2.28. The van der Waals surface area contributed by atoms with Crippen molar-refractivity contribution in [3.8, 4) is 0 Å². The molecular formula is C16H24N4O2. The van der Waals surface area contributed by atoms with Crippen molar-refractivity contribution >= 4 is 11.9 Å². The number of urea groups is 1. The molecule has 120 valence electrons. The number of benzene rings is 1. The third-order valence-corrected chi connectivity index (χ3v) is 4.27. The van der Waals surface area contributed by atoms with Crippen LogP contribution in [0.2, 0.25) is 0 Å². The molecule has 5 N–H and O–H groups in total. The van der Waals surface area contributed by atoms with E-state index in [1.165, 1.54) is 0 Å². The van der Waals surface area contributed by atoms with Crippen molar-refractivity contribution in [3.05, 3.63) is 35.4 Å². The van der Waals surface area contributed by atoms with Crippen molar-refractivity contribution in [1.82, 2.24) is 10.2 Å². The molecule has 1 saturated heterocycles. The third kappa shape index (κ3) is 3.76. The van der Waals surface area contributed by atoms with E-state index in [1.54, 1.807) is 12.1 Å². The number of carbonyl (C=O) groups is 2. The van der Waals surface area contributed by atoms with E-state index < -0.39 is 6.03 Å². The lowest BCUT2D eigenvalue weighted by Crippen LogP contribution is -2.53. The number of rotatable bonds is 3. The Balaban J connectivity index is 2.02. The van der Waals surface area contributed by atoms with Crippen LogP contribution in [0.3, 0.4) is 0 Å². The van der Waals surface area contributed by atoms with Crippen LogP contribution in [-0.4, -0.2) is 36.0 Å². The molecule has 0 spiro atoms. The SMILES string of the molecule is CC1(C)CN(C(=O)c2ccc(CNC(N)=O)cc2)CCC1N. The fourth-order valence-corrected chi connectivity index (χ4v) is 2.68. The standard InChI is InChI=1S/C16H24N4O2/c1-16(2)10-20(8-7-13(16)17)14(21)12-5-3-11(4-6-12)9-19-15(18)22/h3-6,13H,7-10,17H2,1-2H3,(H3,18,19,22). The van der Waals surface area contributed by atoms with Gasteiger partial charge in [-0.1, -0.05) is 26.0 Å². The summed E-state index contributed by atoms with van der Waals surface area (Å²) in [6, 6.07) is 6.77. The van der Waals surface area contributed by atoms with Crippen LogP contribution in [-0.2, 0) is 6.54 Å². The molecule has 22 heavy (non-hydrogen) atoms. The van der Waals surface area contributed by atoms with Crippen molar-refractivity contribution in [1.29, 1.82) is 0 Å². The Bertz CT molecular complexity index is 554. The summed E-state index contributed by atoms with van der Waals surface area (Å²) in [5.74, 6) is 0.0226. The largest absolute Gasteiger partial charge is 0.352 e. The maximum Gasteiger partial charge on any atom is 0.312 e. The van der Waals surface area contributed by atoms with Crippen molar-refractivity contribution in [2.45, 2.75) is 32.9 Å². The molecule has 1 unspecified atom stereocenters. The maximum absolute atomic E-state index is 12.6. The van der Waals surface area contributed by atoms with E-state index >= 15 is 0 Å². The second kappa shape index (κ2) is 6.36. The molecule has 6 heteroatoms. The highest BCUT2D eigenvalue weighted by molar-refractivity contribution is 5.94. The number of amides is 3. The van der Waals surface area contributed by atoms with Gasteiger partial charge in [-0.3, -0.25) is 4.79 Å². The summed E-state index contributed by atoms with van der Waals surface area (Å²) >= 11 is 0. The molecule has 3 amide bonds. The van der Waals surface area contributed by atoms with Crippen molar-refractivity contribution in [2.75, 3.05) is 13.1 Å². The van der Waals surface area contributed by atoms with E-state index in [0.29, 0.717) is 25.2 Å². The Morgan fingerprint density at radius 1 is 1.32 bits per heavy atom. The fourth-order valence-electron chi connectivity index (χ4n) is 2.68. The molecule has 0 radical (unpaired) electrons. The average molecular weight is 304 g/mol. The zero-order valence-corrected chi connectivity index (χ0v) is 13.1. The fraction of sp³-hybridized carbons (Fsp3) is 0.500. The van der Waals surface area contributed by atoms with Gasteiger partial charge < -0.3 is 21.7 Å². The molecule has 1 atom stereocenters. The smallest absolute Gasteiger partial charge is 0.312 e. The van der Waals surface area contributed by atoms with Crippen LogP contribution in [0, 0.1) is 5.41 Å². The van der Waals surface area contributed by atoms with Gasteiger partial charge in [-0.05, 0) is 29.5 Å². The first-order valence-electron chi connectivity index (χ1n) is 7.47. The molecular weight excluding hydrogens is 280 g/mol. The highest BCUT2D eigenvalue weighted by Gasteiger charge is 2.35. The molecule has 2 rings (SSSR count). The van der Waals surface area contributed by atoms with Gasteiger partial charge in [0.1, 0.15) is 0 Å². The minimum atomic E-state index is -0.563. The number of nitrogens with two attached hydrogens (primary N) is 2. The molecule has 0 saturated carbocycles. The Morgan fingerprint density at radius 3 is 2.50 bits per heavy atom. The average Bonchev–Trinajstić information content (AvgIpc) is 2.47. The molecule has 1 aromatic carbocycles. The minimum absolute atomic E-state index is 0.0226. The molecule has 1 aliphatic heterocycles. The molecule has 1 aromatic rings. The van der Waals surface area contributed by atoms with E-state index in [0.717, 1.165) is 12.0 Å². The van der Waals surface area contributed by atoms with Gasteiger partial charge in [0.05, 0.1) is 0 Å². The van der Waals surface area contributed by atoms with Crippen molar-refractivity contribution in [3.63, 3.8) is 0 Å². The quantitative estimate of drug-likeness (QED) is 0.778. The number of piperidine rings is 1. The zero-order chi connectivity index (χ0) is 16.3. The number of hydrogen-bond donors (Lipinski definition) is 3. The summed E-state index contributed by atoms with van der Waals surface area (Å²) < 4.78 is 0. The first kappa shape index (κ1) is 16.3. The predicted molar refractivity (Wildman–Crippen MR) is 85.1 cm³/mol. The Labute approximate surface area is 130 Å². The minimum Gasteiger partial charge on any atom is -0.352 e. The van der Waals surface area contributed by atoms with E-state index in [-0.39, 0.29) is 17.4 Å². The summed E-state index contributed by atoms with van der Waals surface area (Å²) in [7, 11) is 0. The lowest BCUT2D eigenvalue weighted by molar-refractivity contribution is 0.0533. The number of likely N-dealkylation sites (tertiary alicyclic amines) is 1. The Kier molecular flexibility index (Phi) is 4.71. The summed E-state index contributed by atoms with van der Waals surface area (Å²) in [5.41, 5.74) is 12.6. The van der Waals surface area contributed by atoms with Crippen molar-refractivity contribution in [2.24, 2.45) is 16.9 Å². The van der Waals surface area contributed by atoms with E-state index in [1.807, 2.05) is 17.0 Å². The van der Waals surface area contributed by atoms with Crippen LogP contribution in [0.1, 0.15) is 36.2 Å². The summed E-state index contributed by atoms with van der Waals surface area (Å²) in [4.78, 5) is 25.1. The van der Waals surface area contributed by atoms with E-state index in [2.05, 4.69) is 19.2 Å². The number of hydrogen-bond acceptors (Lipinski definition) is 3. The predicted octanol–water partition coefficient (Wildman–Crippen LogP) is 1.05. The number of primary amides is 1. The first-order valence-corrected chi connectivity index (χ1v) is 7.47. The number of nitrogens with one attached hydrogen (secondary N) is 1. The zero-order valence-electron chi connectivity index (χ0n) is 13.1. The van der Waals surface area contributed by atoms with Gasteiger partial charge in [0.15, 0.2) is 0 Å². The molecule has 1 aliphatic rings. The molecule has 0 bridgehead atoms.